The highest BCUT2D eigenvalue weighted by molar-refractivity contribution is 5.99. The van der Waals surface area contributed by atoms with Crippen molar-refractivity contribution in [3.05, 3.63) is 92.6 Å². The number of carbonyl (C=O) groups excluding carboxylic acids is 1. The number of benzene rings is 2. The molecule has 1 spiro atoms. The molecular formula is C27H26N2O2. The van der Waals surface area contributed by atoms with Crippen molar-refractivity contribution in [2.45, 2.75) is 57.8 Å². The van der Waals surface area contributed by atoms with Gasteiger partial charge in [0, 0.05) is 5.57 Å². The number of hydrogen-bond acceptors (Lipinski definition) is 4. The molecule has 0 fully saturated rings. The maximum absolute atomic E-state index is 12.9. The summed E-state index contributed by atoms with van der Waals surface area (Å²) in [6, 6.07) is 15.7. The highest BCUT2D eigenvalue weighted by Crippen LogP contribution is 2.55. The van der Waals surface area contributed by atoms with Crippen LogP contribution >= 0.6 is 0 Å². The van der Waals surface area contributed by atoms with Gasteiger partial charge < -0.3 is 10.5 Å². The molecule has 4 bridgehead atoms. The van der Waals surface area contributed by atoms with E-state index in [1.165, 1.54) is 27.8 Å². The molecule has 31 heavy (non-hydrogen) atoms. The number of aryl methyl sites for hydroxylation is 4. The van der Waals surface area contributed by atoms with E-state index in [1.54, 1.807) is 13.8 Å². The molecule has 0 saturated carbocycles. The van der Waals surface area contributed by atoms with Crippen molar-refractivity contribution in [2.75, 3.05) is 0 Å². The molecule has 0 amide bonds. The first-order chi connectivity index (χ1) is 15.0. The Morgan fingerprint density at radius 2 is 1.61 bits per heavy atom. The Kier molecular flexibility index (Phi) is 4.51. The predicted octanol–water partition coefficient (Wildman–Crippen LogP) is 4.34. The quantitative estimate of drug-likeness (QED) is 0.759. The first kappa shape index (κ1) is 19.6. The van der Waals surface area contributed by atoms with Crippen molar-refractivity contribution in [2.24, 2.45) is 5.73 Å². The molecule has 1 unspecified atom stereocenters. The van der Waals surface area contributed by atoms with Gasteiger partial charge in [0.2, 0.25) is 5.88 Å². The molecule has 2 aromatic rings. The maximum atomic E-state index is 12.9. The number of ketones is 1. The summed E-state index contributed by atoms with van der Waals surface area (Å²) in [6.45, 7) is 3.36. The Balaban J connectivity index is 1.79. The lowest BCUT2D eigenvalue weighted by Crippen LogP contribution is -2.38. The predicted molar refractivity (Wildman–Crippen MR) is 119 cm³/mol. The highest BCUT2D eigenvalue weighted by atomic mass is 16.5. The maximum Gasteiger partial charge on any atom is 0.205 e. The summed E-state index contributed by atoms with van der Waals surface area (Å²) in [7, 11) is 0. The van der Waals surface area contributed by atoms with E-state index >= 15 is 0 Å². The molecule has 2 N–H and O–H groups in total. The molecule has 1 aliphatic heterocycles. The summed E-state index contributed by atoms with van der Waals surface area (Å²) in [6.07, 6.45) is 5.19. The first-order valence-corrected chi connectivity index (χ1v) is 11.0. The van der Waals surface area contributed by atoms with Crippen LogP contribution in [-0.2, 0) is 47.1 Å². The van der Waals surface area contributed by atoms with Crippen LogP contribution in [0.5, 0.6) is 0 Å². The summed E-state index contributed by atoms with van der Waals surface area (Å²) >= 11 is 0. The molecule has 8 rings (SSSR count). The first-order valence-electron chi connectivity index (χ1n) is 11.0. The molecule has 6 aliphatic rings. The smallest absolute Gasteiger partial charge is 0.205 e. The van der Waals surface area contributed by atoms with E-state index in [0.29, 0.717) is 23.3 Å². The zero-order valence-corrected chi connectivity index (χ0v) is 18.0. The lowest BCUT2D eigenvalue weighted by Gasteiger charge is -2.38. The Morgan fingerprint density at radius 1 is 1.00 bits per heavy atom. The molecule has 4 nitrogen and oxygen atoms in total. The van der Waals surface area contributed by atoms with Gasteiger partial charge in [-0.3, -0.25) is 4.79 Å². The van der Waals surface area contributed by atoms with Gasteiger partial charge >= 0.3 is 0 Å². The van der Waals surface area contributed by atoms with Crippen molar-refractivity contribution in [1.29, 1.82) is 5.26 Å². The van der Waals surface area contributed by atoms with Crippen LogP contribution in [0.15, 0.2) is 59.2 Å². The molecule has 0 saturated heterocycles. The highest BCUT2D eigenvalue weighted by Gasteiger charge is 2.53. The van der Waals surface area contributed by atoms with Crippen molar-refractivity contribution < 1.29 is 9.53 Å². The largest absolute Gasteiger partial charge is 0.445 e. The van der Waals surface area contributed by atoms with Gasteiger partial charge in [-0.25, -0.2) is 0 Å². The van der Waals surface area contributed by atoms with Crippen LogP contribution in [0.3, 0.4) is 0 Å². The second-order valence-electron chi connectivity index (χ2n) is 8.90. The van der Waals surface area contributed by atoms with Crippen LogP contribution in [0.2, 0.25) is 0 Å². The van der Waals surface area contributed by atoms with E-state index in [9.17, 15) is 10.1 Å². The van der Waals surface area contributed by atoms with Crippen molar-refractivity contribution in [3.63, 3.8) is 0 Å². The third kappa shape index (κ3) is 2.84. The van der Waals surface area contributed by atoms with Crippen molar-refractivity contribution in [3.8, 4) is 6.07 Å². The molecule has 5 aliphatic carbocycles. The average Bonchev–Trinajstić information content (AvgIpc) is 3.10. The summed E-state index contributed by atoms with van der Waals surface area (Å²) in [5.41, 5.74) is 14.0. The van der Waals surface area contributed by atoms with Gasteiger partial charge in [0.15, 0.2) is 5.78 Å². The molecular weight excluding hydrogens is 384 g/mol. The van der Waals surface area contributed by atoms with Gasteiger partial charge in [-0.1, -0.05) is 36.4 Å². The second-order valence-corrected chi connectivity index (χ2v) is 8.90. The number of rotatable bonds is 1. The van der Waals surface area contributed by atoms with Crippen molar-refractivity contribution >= 4 is 5.78 Å². The van der Waals surface area contributed by atoms with Crippen LogP contribution in [0.1, 0.15) is 53.6 Å². The number of Topliss-reactive ketones (excluding diaryl/α,β-unsaturated/α-hetero) is 1. The molecule has 1 atom stereocenters. The minimum absolute atomic E-state index is 0.0575. The fourth-order valence-electron chi connectivity index (χ4n) is 5.97. The summed E-state index contributed by atoms with van der Waals surface area (Å²) < 4.78 is 5.70. The van der Waals surface area contributed by atoms with E-state index in [-0.39, 0.29) is 11.7 Å². The Hall–Kier alpha value is -3.32. The van der Waals surface area contributed by atoms with E-state index in [2.05, 4.69) is 42.5 Å². The molecule has 0 aromatic heterocycles. The van der Waals surface area contributed by atoms with Crippen LogP contribution in [0.25, 0.3) is 0 Å². The van der Waals surface area contributed by atoms with Crippen LogP contribution in [0.4, 0.5) is 0 Å². The Bertz CT molecular complexity index is 1210. The minimum atomic E-state index is -0.805. The van der Waals surface area contributed by atoms with E-state index in [0.717, 1.165) is 37.7 Å². The fraction of sp³-hybridized carbons (Fsp3) is 0.333. The molecule has 2 aromatic carbocycles. The van der Waals surface area contributed by atoms with Gasteiger partial charge in [0.25, 0.3) is 0 Å². The lowest BCUT2D eigenvalue weighted by atomic mass is 9.65. The number of nitrogens with two attached hydrogens (primary N) is 1. The summed E-state index contributed by atoms with van der Waals surface area (Å²) in [5.74, 6) is 0.590. The van der Waals surface area contributed by atoms with Gasteiger partial charge in [-0.05, 0) is 85.8 Å². The van der Waals surface area contributed by atoms with E-state index in [1.807, 2.05) is 0 Å². The molecule has 1 heterocycles. The standard InChI is InChI=1S/C27H26N2O2/c1-16(30)24-17(2)31-26(29)23(15-28)27(24)14-13-22-20-9-7-18-3-5-19(6-4-18)8-10-21(12-11-20)25(22)27/h3-6,11-12H,7-10,13-14,29H2,1-2H3. The van der Waals surface area contributed by atoms with E-state index < -0.39 is 5.41 Å². The number of nitrogens with zero attached hydrogens (tertiary/aromatic N) is 1. The number of hydrogen-bond donors (Lipinski definition) is 1. The minimum Gasteiger partial charge on any atom is -0.445 e. The Labute approximate surface area is 183 Å². The number of ether oxygens (including phenoxy) is 1. The number of allylic oxidation sites excluding steroid dienone is 3. The van der Waals surface area contributed by atoms with Gasteiger partial charge in [-0.2, -0.15) is 5.26 Å². The molecule has 156 valence electrons. The summed E-state index contributed by atoms with van der Waals surface area (Å²) in [4.78, 5) is 12.9. The fourth-order valence-corrected chi connectivity index (χ4v) is 5.97. The Morgan fingerprint density at radius 3 is 2.23 bits per heavy atom. The van der Waals surface area contributed by atoms with Crippen molar-refractivity contribution in [1.82, 2.24) is 0 Å². The van der Waals surface area contributed by atoms with E-state index in [4.69, 9.17) is 10.5 Å². The average molecular weight is 411 g/mol. The van der Waals surface area contributed by atoms with Gasteiger partial charge in [0.05, 0.1) is 5.41 Å². The van der Waals surface area contributed by atoms with Gasteiger partial charge in [-0.15, -0.1) is 0 Å². The molecule has 0 radical (unpaired) electrons. The van der Waals surface area contributed by atoms with Crippen LogP contribution in [-0.4, -0.2) is 5.78 Å². The van der Waals surface area contributed by atoms with Crippen LogP contribution < -0.4 is 5.73 Å². The second kappa shape index (κ2) is 7.13. The number of carbonyl (C=O) groups is 1. The zero-order chi connectivity index (χ0) is 21.8. The SMILES string of the molecule is CC(=O)C1=C(C)OC(N)=C(C#N)C12CCc1c3ccc(c12)CCc1ccc(cc1)CC3. The number of nitriles is 1. The third-order valence-electron chi connectivity index (χ3n) is 7.24. The van der Waals surface area contributed by atoms with Gasteiger partial charge in [0.1, 0.15) is 17.4 Å². The topological polar surface area (TPSA) is 76.1 Å². The molecule has 4 heteroatoms. The zero-order valence-electron chi connectivity index (χ0n) is 18.0. The lowest BCUT2D eigenvalue weighted by molar-refractivity contribution is -0.114. The third-order valence-corrected chi connectivity index (χ3v) is 7.24. The monoisotopic (exact) mass is 410 g/mol. The summed E-state index contributed by atoms with van der Waals surface area (Å²) in [5, 5.41) is 10.1. The van der Waals surface area contributed by atoms with Crippen LogP contribution in [0, 0.1) is 11.3 Å². The normalized spacial score (nSPS) is 22.1.